The Morgan fingerprint density at radius 2 is 1.03 bits per heavy atom. The molecule has 0 aliphatic carbocycles. The first-order chi connectivity index (χ1) is 29.7. The quantitative estimate of drug-likeness (QED) is 0.168. The fourth-order valence-corrected chi connectivity index (χ4v) is 9.90. The van der Waals surface area contributed by atoms with Gasteiger partial charge < -0.3 is 18.1 Å². The monoisotopic (exact) mass is 763 g/mol. The molecule has 13 aromatic rings. The zero-order valence-electron chi connectivity index (χ0n) is 31.9. The minimum atomic E-state index is 0.439. The molecule has 0 spiro atoms. The Bertz CT molecular complexity index is 4050. The second-order valence-electron chi connectivity index (χ2n) is 15.5. The van der Waals surface area contributed by atoms with Gasteiger partial charge in [0.05, 0.1) is 62.0 Å². The van der Waals surface area contributed by atoms with Crippen LogP contribution in [0.3, 0.4) is 0 Å². The predicted octanol–water partition coefficient (Wildman–Crippen LogP) is 14.5. The van der Waals surface area contributed by atoms with Crippen LogP contribution in [-0.4, -0.2) is 13.7 Å². The van der Waals surface area contributed by atoms with Crippen molar-refractivity contribution in [2.75, 3.05) is 0 Å². The van der Waals surface area contributed by atoms with Gasteiger partial charge in [0.1, 0.15) is 17.2 Å². The van der Waals surface area contributed by atoms with Gasteiger partial charge >= 0.3 is 0 Å². The Hall–Kier alpha value is -8.58. The SMILES string of the molecule is [C-]#[N+]c1cc(-n2c3ccc(-n4c5ccccc5c5ccccc54)cc3c3cc4ccccc4cc32)c(C#N)cc1-n1c2ccccc2c2c3oc4ccccc4c3ccc21. The van der Waals surface area contributed by atoms with Crippen LogP contribution in [0.25, 0.3) is 120 Å². The molecular formula is C54H29N5O. The van der Waals surface area contributed by atoms with Crippen LogP contribution in [0.2, 0.25) is 0 Å². The number of nitriles is 1. The first kappa shape index (κ1) is 32.5. The lowest BCUT2D eigenvalue weighted by molar-refractivity contribution is 0.673. The molecule has 4 aromatic heterocycles. The highest BCUT2D eigenvalue weighted by Gasteiger charge is 2.24. The molecule has 9 aromatic carbocycles. The Balaban J connectivity index is 1.09. The van der Waals surface area contributed by atoms with Gasteiger partial charge in [-0.2, -0.15) is 5.26 Å². The summed E-state index contributed by atoms with van der Waals surface area (Å²) < 4.78 is 13.2. The molecule has 0 N–H and O–H groups in total. The molecule has 0 aliphatic rings. The summed E-state index contributed by atoms with van der Waals surface area (Å²) in [4.78, 5) is 4.18. The highest BCUT2D eigenvalue weighted by atomic mass is 16.3. The van der Waals surface area contributed by atoms with Crippen LogP contribution in [0.1, 0.15) is 5.56 Å². The van der Waals surface area contributed by atoms with Crippen molar-refractivity contribution in [3.05, 3.63) is 193 Å². The second kappa shape index (κ2) is 12.0. The second-order valence-corrected chi connectivity index (χ2v) is 15.5. The van der Waals surface area contributed by atoms with Crippen LogP contribution in [0.4, 0.5) is 5.69 Å². The van der Waals surface area contributed by atoms with Gasteiger partial charge in [0.2, 0.25) is 5.69 Å². The van der Waals surface area contributed by atoms with Crippen LogP contribution in [0.5, 0.6) is 0 Å². The van der Waals surface area contributed by atoms with E-state index < -0.39 is 0 Å². The van der Waals surface area contributed by atoms with Gasteiger partial charge in [0, 0.05) is 43.4 Å². The summed E-state index contributed by atoms with van der Waals surface area (Å²) in [6.45, 7) is 8.63. The number of nitrogens with zero attached hydrogens (tertiary/aromatic N) is 5. The maximum absolute atomic E-state index is 11.1. The number of hydrogen-bond acceptors (Lipinski definition) is 2. The average molecular weight is 764 g/mol. The van der Waals surface area contributed by atoms with Crippen molar-refractivity contribution < 1.29 is 4.42 Å². The Kier molecular flexibility index (Phi) is 6.48. The molecule has 0 bridgehead atoms. The largest absolute Gasteiger partial charge is 0.455 e. The molecular weight excluding hydrogens is 735 g/mol. The fourth-order valence-electron chi connectivity index (χ4n) is 9.90. The molecule has 0 fully saturated rings. The maximum atomic E-state index is 11.1. The van der Waals surface area contributed by atoms with Crippen LogP contribution in [-0.2, 0) is 0 Å². The summed E-state index contributed by atoms with van der Waals surface area (Å²) in [5.41, 5.74) is 10.9. The Labute approximate surface area is 342 Å². The summed E-state index contributed by atoms with van der Waals surface area (Å²) in [6, 6.07) is 63.5. The number of rotatable bonds is 3. The summed E-state index contributed by atoms with van der Waals surface area (Å²) in [5.74, 6) is 0. The molecule has 0 aliphatic heterocycles. The lowest BCUT2D eigenvalue weighted by Crippen LogP contribution is -2.02. The molecule has 0 atom stereocenters. The van der Waals surface area contributed by atoms with Crippen LogP contribution in [0, 0.1) is 17.9 Å². The third-order valence-corrected chi connectivity index (χ3v) is 12.5. The molecule has 13 rings (SSSR count). The van der Waals surface area contributed by atoms with E-state index in [9.17, 15) is 5.26 Å². The molecule has 6 heteroatoms. The molecule has 6 nitrogen and oxygen atoms in total. The average Bonchev–Trinajstić information content (AvgIpc) is 4.04. The van der Waals surface area contributed by atoms with Gasteiger partial charge in [0.15, 0.2) is 0 Å². The zero-order chi connectivity index (χ0) is 39.6. The highest BCUT2D eigenvalue weighted by Crippen LogP contribution is 2.44. The third kappa shape index (κ3) is 4.29. The van der Waals surface area contributed by atoms with Gasteiger partial charge in [0.25, 0.3) is 0 Å². The highest BCUT2D eigenvalue weighted by molar-refractivity contribution is 6.24. The first-order valence-electron chi connectivity index (χ1n) is 19.9. The fraction of sp³-hybridized carbons (Fsp3) is 0. The van der Waals surface area contributed by atoms with Crippen molar-refractivity contribution in [2.24, 2.45) is 0 Å². The van der Waals surface area contributed by atoms with Gasteiger partial charge in [-0.1, -0.05) is 97.1 Å². The first-order valence-corrected chi connectivity index (χ1v) is 19.9. The lowest BCUT2D eigenvalue weighted by atomic mass is 10.1. The van der Waals surface area contributed by atoms with Crippen LogP contribution < -0.4 is 0 Å². The molecule has 0 unspecified atom stereocenters. The molecule has 0 radical (unpaired) electrons. The standard InChI is InChI=1S/C54H29N5O/c1-56-43-30-49(34(31-55)28-51(43)58-46-20-10-6-17-40(46)53-48(58)25-23-39-38-16-7-11-21-52(38)60-54(39)53)59-47-24-22-35(29-42(47)41-26-32-12-2-3-13-33(32)27-50(41)59)57-44-18-8-4-14-36(44)37-15-5-9-19-45(37)57/h2-30H. The Morgan fingerprint density at radius 3 is 1.77 bits per heavy atom. The number of aromatic nitrogens is 3. The van der Waals surface area contributed by atoms with Crippen molar-refractivity contribution >= 4 is 104 Å². The molecule has 0 saturated carbocycles. The molecule has 0 saturated heterocycles. The van der Waals surface area contributed by atoms with E-state index in [1.165, 1.54) is 10.8 Å². The predicted molar refractivity (Wildman–Crippen MR) is 245 cm³/mol. The van der Waals surface area contributed by atoms with E-state index in [1.54, 1.807) is 0 Å². The number of hydrogen-bond donors (Lipinski definition) is 0. The van der Waals surface area contributed by atoms with Crippen molar-refractivity contribution in [3.8, 4) is 23.1 Å². The minimum absolute atomic E-state index is 0.439. The van der Waals surface area contributed by atoms with Crippen molar-refractivity contribution in [1.82, 2.24) is 13.7 Å². The van der Waals surface area contributed by atoms with E-state index in [0.717, 1.165) is 93.0 Å². The summed E-state index contributed by atoms with van der Waals surface area (Å²) in [7, 11) is 0. The third-order valence-electron chi connectivity index (χ3n) is 12.5. The Morgan fingerprint density at radius 1 is 0.450 bits per heavy atom. The maximum Gasteiger partial charge on any atom is 0.212 e. The van der Waals surface area contributed by atoms with E-state index in [0.29, 0.717) is 22.6 Å². The minimum Gasteiger partial charge on any atom is -0.455 e. The number of para-hydroxylation sites is 4. The van der Waals surface area contributed by atoms with E-state index in [2.05, 4.69) is 158 Å². The summed E-state index contributed by atoms with van der Waals surface area (Å²) >= 11 is 0. The number of fused-ring (bicyclic) bond motifs is 14. The number of benzene rings is 9. The molecule has 276 valence electrons. The lowest BCUT2D eigenvalue weighted by Gasteiger charge is -2.16. The van der Waals surface area contributed by atoms with Crippen molar-refractivity contribution in [2.45, 2.75) is 0 Å². The van der Waals surface area contributed by atoms with Gasteiger partial charge in [-0.05, 0) is 89.6 Å². The van der Waals surface area contributed by atoms with E-state index in [-0.39, 0.29) is 0 Å². The van der Waals surface area contributed by atoms with Crippen LogP contribution >= 0.6 is 0 Å². The number of furan rings is 1. The summed E-state index contributed by atoms with van der Waals surface area (Å²) in [6.07, 6.45) is 0. The molecule has 0 amide bonds. The van der Waals surface area contributed by atoms with E-state index in [4.69, 9.17) is 11.0 Å². The molecule has 60 heavy (non-hydrogen) atoms. The molecule has 4 heterocycles. The topological polar surface area (TPSA) is 56.1 Å². The van der Waals surface area contributed by atoms with E-state index in [1.807, 2.05) is 42.5 Å². The summed E-state index contributed by atoms with van der Waals surface area (Å²) in [5, 5.41) is 21.9. The zero-order valence-corrected chi connectivity index (χ0v) is 31.9. The van der Waals surface area contributed by atoms with Crippen molar-refractivity contribution in [3.63, 3.8) is 0 Å². The normalized spacial score (nSPS) is 12.0. The van der Waals surface area contributed by atoms with Gasteiger partial charge in [-0.25, -0.2) is 4.85 Å². The van der Waals surface area contributed by atoms with Crippen LogP contribution in [0.15, 0.2) is 180 Å². The van der Waals surface area contributed by atoms with Gasteiger partial charge in [-0.3, -0.25) is 0 Å². The van der Waals surface area contributed by atoms with E-state index >= 15 is 0 Å². The van der Waals surface area contributed by atoms with Crippen molar-refractivity contribution in [1.29, 1.82) is 5.26 Å². The van der Waals surface area contributed by atoms with Gasteiger partial charge in [-0.15, -0.1) is 0 Å². The smallest absolute Gasteiger partial charge is 0.212 e.